The van der Waals surface area contributed by atoms with Gasteiger partial charge < -0.3 is 4.90 Å². The number of benzene rings is 1. The predicted octanol–water partition coefficient (Wildman–Crippen LogP) is 3.42. The smallest absolute Gasteiger partial charge is 0.250 e. The van der Waals surface area contributed by atoms with Crippen LogP contribution in [0.15, 0.2) is 23.9 Å². The van der Waals surface area contributed by atoms with Crippen molar-refractivity contribution in [2.24, 2.45) is 0 Å². The van der Waals surface area contributed by atoms with Gasteiger partial charge in [-0.3, -0.25) is 15.0 Å². The van der Waals surface area contributed by atoms with Crippen molar-refractivity contribution in [3.05, 3.63) is 40.8 Å². The van der Waals surface area contributed by atoms with Gasteiger partial charge in [0.2, 0.25) is 11.6 Å². The van der Waals surface area contributed by atoms with E-state index in [4.69, 9.17) is 5.41 Å². The van der Waals surface area contributed by atoms with Crippen molar-refractivity contribution < 1.29 is 14.0 Å². The molecule has 0 fully saturated rings. The van der Waals surface area contributed by atoms with Gasteiger partial charge in [-0.2, -0.15) is 0 Å². The van der Waals surface area contributed by atoms with Gasteiger partial charge in [0.15, 0.2) is 0 Å². The molecule has 1 aromatic rings. The zero-order valence-corrected chi connectivity index (χ0v) is 13.2. The van der Waals surface area contributed by atoms with Crippen LogP contribution in [0.1, 0.15) is 50.0 Å². The molecule has 0 unspecified atom stereocenters. The number of amidine groups is 1. The summed E-state index contributed by atoms with van der Waals surface area (Å²) in [5, 5.41) is 8.09. The van der Waals surface area contributed by atoms with Crippen LogP contribution in [0.2, 0.25) is 0 Å². The molecule has 0 radical (unpaired) electrons. The first-order valence-corrected chi connectivity index (χ1v) is 7.26. The Hall–Kier alpha value is -2.30. The molecule has 0 atom stereocenters. The Kier molecular flexibility index (Phi) is 4.26. The fourth-order valence-corrected chi connectivity index (χ4v) is 2.72. The number of hydrogen-bond acceptors (Lipinski definition) is 3. The Morgan fingerprint density at radius 2 is 1.86 bits per heavy atom. The number of carbonyl (C=O) groups excluding carboxylic acids is 2. The number of Topliss-reactive ketones (excluding diaryl/α,β-unsaturated/α-hetero) is 2. The molecule has 1 N–H and O–H groups in total. The first-order chi connectivity index (χ1) is 10.3. The Morgan fingerprint density at radius 3 is 2.41 bits per heavy atom. The molecule has 0 amide bonds. The molecule has 0 saturated carbocycles. The van der Waals surface area contributed by atoms with Crippen molar-refractivity contribution >= 4 is 23.0 Å². The fourth-order valence-electron chi connectivity index (χ4n) is 2.72. The number of nitrogens with zero attached hydrogens (tertiary/aromatic N) is 1. The van der Waals surface area contributed by atoms with Crippen LogP contribution in [0.5, 0.6) is 0 Å². The molecule has 1 aromatic carbocycles. The molecule has 0 heterocycles. The van der Waals surface area contributed by atoms with E-state index in [1.807, 2.05) is 20.8 Å². The van der Waals surface area contributed by atoms with E-state index >= 15 is 0 Å². The van der Waals surface area contributed by atoms with Crippen LogP contribution in [0.25, 0.3) is 5.57 Å². The summed E-state index contributed by atoms with van der Waals surface area (Å²) in [6.45, 7) is 7.28. The highest BCUT2D eigenvalue weighted by Crippen LogP contribution is 2.32. The summed E-state index contributed by atoms with van der Waals surface area (Å²) in [5.74, 6) is -1.67. The number of rotatable bonds is 3. The lowest BCUT2D eigenvalue weighted by Gasteiger charge is -2.33. The van der Waals surface area contributed by atoms with Crippen molar-refractivity contribution in [1.82, 2.24) is 4.90 Å². The summed E-state index contributed by atoms with van der Waals surface area (Å²) in [6.07, 6.45) is 0.451. The lowest BCUT2D eigenvalue weighted by atomic mass is 9.86. The van der Waals surface area contributed by atoms with E-state index in [0.717, 1.165) is 6.07 Å². The van der Waals surface area contributed by atoms with Gasteiger partial charge in [0, 0.05) is 18.0 Å². The van der Waals surface area contributed by atoms with Crippen LogP contribution in [0, 0.1) is 11.2 Å². The monoisotopic (exact) mass is 302 g/mol. The van der Waals surface area contributed by atoms with E-state index in [1.54, 1.807) is 11.8 Å². The molecular formula is C17H19FN2O2. The van der Waals surface area contributed by atoms with Crippen LogP contribution in [0.4, 0.5) is 4.39 Å². The van der Waals surface area contributed by atoms with Crippen molar-refractivity contribution in [1.29, 1.82) is 5.41 Å². The summed E-state index contributed by atoms with van der Waals surface area (Å²) >= 11 is 0. The predicted molar refractivity (Wildman–Crippen MR) is 83.3 cm³/mol. The molecule has 0 aromatic heterocycles. The first-order valence-electron chi connectivity index (χ1n) is 7.26. The molecule has 2 rings (SSSR count). The minimum Gasteiger partial charge on any atom is -0.324 e. The third kappa shape index (κ3) is 2.47. The van der Waals surface area contributed by atoms with E-state index in [-0.39, 0.29) is 23.1 Å². The molecule has 22 heavy (non-hydrogen) atoms. The third-order valence-electron chi connectivity index (χ3n) is 3.79. The second kappa shape index (κ2) is 5.83. The van der Waals surface area contributed by atoms with E-state index in [1.165, 1.54) is 12.1 Å². The molecular weight excluding hydrogens is 283 g/mol. The second-order valence-electron chi connectivity index (χ2n) is 5.59. The molecule has 0 aliphatic heterocycles. The highest BCUT2D eigenvalue weighted by atomic mass is 19.1. The van der Waals surface area contributed by atoms with Crippen molar-refractivity contribution in [3.63, 3.8) is 0 Å². The van der Waals surface area contributed by atoms with Gasteiger partial charge in [-0.25, -0.2) is 4.39 Å². The lowest BCUT2D eigenvalue weighted by molar-refractivity contribution is -0.113. The zero-order chi connectivity index (χ0) is 16.6. The molecule has 0 spiro atoms. The lowest BCUT2D eigenvalue weighted by Crippen LogP contribution is -2.42. The quantitative estimate of drug-likeness (QED) is 0.528. The molecule has 0 bridgehead atoms. The number of nitrogens with one attached hydrogen (secondary N) is 1. The maximum absolute atomic E-state index is 13.4. The maximum atomic E-state index is 13.4. The number of halogens is 1. The maximum Gasteiger partial charge on any atom is 0.250 e. The van der Waals surface area contributed by atoms with Crippen molar-refractivity contribution in [3.8, 4) is 0 Å². The Balaban J connectivity index is 2.71. The highest BCUT2D eigenvalue weighted by molar-refractivity contribution is 6.52. The fraction of sp³-hybridized carbons (Fsp3) is 0.353. The number of carbonyl (C=O) groups is 2. The van der Waals surface area contributed by atoms with E-state index in [9.17, 15) is 14.0 Å². The van der Waals surface area contributed by atoms with Gasteiger partial charge >= 0.3 is 0 Å². The SMILES string of the molecule is CCC(=N)N(C1=C(C)c2ccc(F)cc2C(=O)C1=O)C(C)C. The van der Waals surface area contributed by atoms with Gasteiger partial charge in [0.1, 0.15) is 11.7 Å². The average Bonchev–Trinajstić information content (AvgIpc) is 2.48. The van der Waals surface area contributed by atoms with Crippen LogP contribution < -0.4 is 0 Å². The van der Waals surface area contributed by atoms with Crippen LogP contribution >= 0.6 is 0 Å². The summed E-state index contributed by atoms with van der Waals surface area (Å²) in [4.78, 5) is 26.4. The van der Waals surface area contributed by atoms with E-state index in [2.05, 4.69) is 0 Å². The molecule has 0 saturated heterocycles. The number of fused-ring (bicyclic) bond motifs is 1. The van der Waals surface area contributed by atoms with Crippen molar-refractivity contribution in [2.75, 3.05) is 0 Å². The van der Waals surface area contributed by atoms with Gasteiger partial charge in [-0.1, -0.05) is 13.0 Å². The minimum absolute atomic E-state index is 0.0954. The van der Waals surface area contributed by atoms with Gasteiger partial charge in [-0.15, -0.1) is 0 Å². The standard InChI is InChI=1S/C17H19FN2O2/c1-5-14(19)20(9(2)3)15-10(4)12-7-6-11(18)8-13(12)16(21)17(15)22/h6-9,19H,5H2,1-4H3. The van der Waals surface area contributed by atoms with Gasteiger partial charge in [0.25, 0.3) is 0 Å². The Morgan fingerprint density at radius 1 is 1.23 bits per heavy atom. The summed E-state index contributed by atoms with van der Waals surface area (Å²) in [7, 11) is 0. The topological polar surface area (TPSA) is 61.2 Å². The summed E-state index contributed by atoms with van der Waals surface area (Å²) in [5.41, 5.74) is 1.48. The highest BCUT2D eigenvalue weighted by Gasteiger charge is 2.36. The second-order valence-corrected chi connectivity index (χ2v) is 5.59. The molecule has 1 aliphatic rings. The van der Waals surface area contributed by atoms with Crippen LogP contribution in [-0.2, 0) is 4.79 Å². The van der Waals surface area contributed by atoms with E-state index < -0.39 is 17.4 Å². The molecule has 1 aliphatic carbocycles. The van der Waals surface area contributed by atoms with Crippen LogP contribution in [-0.4, -0.2) is 28.3 Å². The largest absolute Gasteiger partial charge is 0.324 e. The van der Waals surface area contributed by atoms with Gasteiger partial charge in [0.05, 0.1) is 5.70 Å². The van der Waals surface area contributed by atoms with Crippen molar-refractivity contribution in [2.45, 2.75) is 40.2 Å². The average molecular weight is 302 g/mol. The Bertz CT molecular complexity index is 705. The van der Waals surface area contributed by atoms with Crippen LogP contribution in [0.3, 0.4) is 0 Å². The molecule has 116 valence electrons. The molecule has 4 nitrogen and oxygen atoms in total. The summed E-state index contributed by atoms with van der Waals surface area (Å²) < 4.78 is 13.4. The zero-order valence-electron chi connectivity index (χ0n) is 13.2. The normalized spacial score (nSPS) is 14.5. The van der Waals surface area contributed by atoms with E-state index in [0.29, 0.717) is 17.6 Å². The number of ketones is 2. The molecule has 5 heteroatoms. The number of hydrogen-bond donors (Lipinski definition) is 1. The third-order valence-corrected chi connectivity index (χ3v) is 3.79. The first kappa shape index (κ1) is 16.1. The van der Waals surface area contributed by atoms with Gasteiger partial charge in [-0.05, 0) is 44.0 Å². The number of allylic oxidation sites excluding steroid dienone is 2. The Labute approximate surface area is 129 Å². The minimum atomic E-state index is -0.718. The summed E-state index contributed by atoms with van der Waals surface area (Å²) in [6, 6.07) is 3.75.